The average Bonchev–Trinajstić information content (AvgIpc) is 2.39. The molecule has 0 saturated carbocycles. The fourth-order valence-corrected chi connectivity index (χ4v) is 2.49. The van der Waals surface area contributed by atoms with Gasteiger partial charge in [0.15, 0.2) is 6.10 Å². The fourth-order valence-electron chi connectivity index (χ4n) is 2.49. The van der Waals surface area contributed by atoms with Crippen molar-refractivity contribution in [3.05, 3.63) is 0 Å². The number of hydrogen-bond donors (Lipinski definition) is 1. The van der Waals surface area contributed by atoms with Gasteiger partial charge in [-0.3, -0.25) is 4.79 Å². The van der Waals surface area contributed by atoms with Gasteiger partial charge in [-0.1, -0.05) is 6.92 Å². The smallest absolute Gasteiger partial charge is 0.228 e. The maximum absolute atomic E-state index is 12.5. The maximum Gasteiger partial charge on any atom is 0.228 e. The van der Waals surface area contributed by atoms with Crippen molar-refractivity contribution in [3.8, 4) is 6.07 Å². The van der Waals surface area contributed by atoms with E-state index in [-0.39, 0.29) is 11.3 Å². The van der Waals surface area contributed by atoms with Gasteiger partial charge in [0.25, 0.3) is 0 Å². The molecule has 2 aliphatic rings. The van der Waals surface area contributed by atoms with Gasteiger partial charge >= 0.3 is 0 Å². The number of ether oxygens (including phenoxy) is 1. The molecular weight excluding hydrogens is 218 g/mol. The van der Waals surface area contributed by atoms with Crippen LogP contribution in [0.3, 0.4) is 0 Å². The third kappa shape index (κ3) is 2.59. The summed E-state index contributed by atoms with van der Waals surface area (Å²) in [4.78, 5) is 14.3. The zero-order chi connectivity index (χ0) is 12.3. The first-order valence-corrected chi connectivity index (χ1v) is 6.17. The summed E-state index contributed by atoms with van der Waals surface area (Å²) in [5.74, 6) is 0.183. The first-order valence-electron chi connectivity index (χ1n) is 6.17. The Kier molecular flexibility index (Phi) is 3.65. The Morgan fingerprint density at radius 2 is 2.24 bits per heavy atom. The molecule has 1 atom stereocenters. The monoisotopic (exact) mass is 237 g/mol. The van der Waals surface area contributed by atoms with Crippen LogP contribution in [-0.2, 0) is 9.53 Å². The number of rotatable bonds is 1. The van der Waals surface area contributed by atoms with Crippen molar-refractivity contribution in [2.24, 2.45) is 5.41 Å². The van der Waals surface area contributed by atoms with Gasteiger partial charge in [0.1, 0.15) is 0 Å². The Morgan fingerprint density at radius 1 is 1.53 bits per heavy atom. The molecule has 0 spiro atoms. The highest BCUT2D eigenvalue weighted by molar-refractivity contribution is 5.82. The van der Waals surface area contributed by atoms with Crippen LogP contribution in [0.25, 0.3) is 0 Å². The lowest BCUT2D eigenvalue weighted by molar-refractivity contribution is -0.148. The maximum atomic E-state index is 12.5. The molecule has 2 heterocycles. The molecule has 2 rings (SSSR count). The van der Waals surface area contributed by atoms with Gasteiger partial charge in [0.05, 0.1) is 19.2 Å². The molecular formula is C12H19N3O2. The van der Waals surface area contributed by atoms with Crippen LogP contribution in [0.5, 0.6) is 0 Å². The van der Waals surface area contributed by atoms with Gasteiger partial charge < -0.3 is 15.0 Å². The van der Waals surface area contributed by atoms with E-state index in [1.165, 1.54) is 0 Å². The minimum atomic E-state index is -0.460. The first kappa shape index (κ1) is 12.3. The van der Waals surface area contributed by atoms with E-state index < -0.39 is 6.10 Å². The van der Waals surface area contributed by atoms with E-state index in [4.69, 9.17) is 10.00 Å². The third-order valence-corrected chi connectivity index (χ3v) is 3.72. The number of hydrogen-bond acceptors (Lipinski definition) is 4. The summed E-state index contributed by atoms with van der Waals surface area (Å²) in [6.45, 7) is 5.33. The van der Waals surface area contributed by atoms with E-state index in [9.17, 15) is 4.79 Å². The molecule has 1 N–H and O–H groups in total. The number of nitrogens with zero attached hydrogens (tertiary/aromatic N) is 2. The van der Waals surface area contributed by atoms with Crippen LogP contribution in [0.1, 0.15) is 19.8 Å². The number of carbonyl (C=O) groups excluding carboxylic acids is 1. The van der Waals surface area contributed by atoms with Crippen LogP contribution in [0, 0.1) is 16.7 Å². The molecule has 0 radical (unpaired) electrons. The normalized spacial score (nSPS) is 28.5. The number of nitriles is 1. The number of nitrogens with one attached hydrogen (secondary N) is 1. The van der Waals surface area contributed by atoms with Crippen LogP contribution in [0.4, 0.5) is 0 Å². The highest BCUT2D eigenvalue weighted by Crippen LogP contribution is 2.30. The van der Waals surface area contributed by atoms with Crippen molar-refractivity contribution in [1.29, 1.82) is 5.26 Å². The Bertz CT molecular complexity index is 331. The van der Waals surface area contributed by atoms with Gasteiger partial charge in [-0.05, 0) is 25.9 Å². The van der Waals surface area contributed by atoms with Crippen LogP contribution in [0.15, 0.2) is 0 Å². The summed E-state index contributed by atoms with van der Waals surface area (Å²) in [5.41, 5.74) is -0.261. The zero-order valence-corrected chi connectivity index (χ0v) is 10.2. The van der Waals surface area contributed by atoms with Crippen molar-refractivity contribution in [1.82, 2.24) is 10.2 Å². The predicted octanol–water partition coefficient (Wildman–Crippen LogP) is 0.127. The van der Waals surface area contributed by atoms with Gasteiger partial charge in [0, 0.05) is 12.0 Å². The second-order valence-electron chi connectivity index (χ2n) is 5.05. The largest absolute Gasteiger partial charge is 0.360 e. The Morgan fingerprint density at radius 3 is 2.88 bits per heavy atom. The molecule has 0 aliphatic carbocycles. The summed E-state index contributed by atoms with van der Waals surface area (Å²) >= 11 is 0. The second kappa shape index (κ2) is 5.03. The minimum Gasteiger partial charge on any atom is -0.360 e. The van der Waals surface area contributed by atoms with Crippen LogP contribution >= 0.6 is 0 Å². The predicted molar refractivity (Wildman–Crippen MR) is 62.1 cm³/mol. The van der Waals surface area contributed by atoms with Gasteiger partial charge in [-0.25, -0.2) is 0 Å². The van der Waals surface area contributed by atoms with Gasteiger partial charge in [-0.15, -0.1) is 0 Å². The van der Waals surface area contributed by atoms with Crippen molar-refractivity contribution >= 4 is 5.91 Å². The number of carbonyl (C=O) groups is 1. The van der Waals surface area contributed by atoms with E-state index >= 15 is 0 Å². The summed E-state index contributed by atoms with van der Waals surface area (Å²) in [6.07, 6.45) is 1.29. The molecule has 0 aromatic heterocycles. The van der Waals surface area contributed by atoms with Gasteiger partial charge in [-0.2, -0.15) is 5.26 Å². The highest BCUT2D eigenvalue weighted by Gasteiger charge is 2.39. The van der Waals surface area contributed by atoms with Crippen molar-refractivity contribution in [2.75, 3.05) is 32.8 Å². The zero-order valence-electron chi connectivity index (χ0n) is 10.2. The summed E-state index contributed by atoms with van der Waals surface area (Å²) in [5, 5.41) is 12.1. The fraction of sp³-hybridized carbons (Fsp3) is 0.833. The molecule has 2 aliphatic heterocycles. The van der Waals surface area contributed by atoms with Crippen LogP contribution in [-0.4, -0.2) is 49.7 Å². The van der Waals surface area contributed by atoms with E-state index in [0.717, 1.165) is 25.9 Å². The molecule has 1 unspecified atom stereocenters. The van der Waals surface area contributed by atoms with E-state index in [1.54, 1.807) is 4.90 Å². The lowest BCUT2D eigenvalue weighted by Gasteiger charge is -2.39. The van der Waals surface area contributed by atoms with Crippen molar-refractivity contribution < 1.29 is 9.53 Å². The summed E-state index contributed by atoms with van der Waals surface area (Å²) in [6, 6.07) is 2.08. The molecule has 0 aromatic carbocycles. The van der Waals surface area contributed by atoms with E-state index in [2.05, 4.69) is 11.4 Å². The molecule has 17 heavy (non-hydrogen) atoms. The lowest BCUT2D eigenvalue weighted by Crippen LogP contribution is -2.52. The SMILES string of the molecule is CC1(C(=O)N2CCOC(C#N)C2)CCNCC1. The third-order valence-electron chi connectivity index (χ3n) is 3.72. The Hall–Kier alpha value is -1.12. The summed E-state index contributed by atoms with van der Waals surface area (Å²) < 4.78 is 5.26. The molecule has 0 aromatic rings. The van der Waals surface area contributed by atoms with E-state index in [0.29, 0.717) is 19.7 Å². The molecule has 0 bridgehead atoms. The van der Waals surface area contributed by atoms with Crippen LogP contribution < -0.4 is 5.32 Å². The average molecular weight is 237 g/mol. The van der Waals surface area contributed by atoms with Crippen molar-refractivity contribution in [3.63, 3.8) is 0 Å². The second-order valence-corrected chi connectivity index (χ2v) is 5.05. The number of morpholine rings is 1. The molecule has 2 fully saturated rings. The molecule has 1 amide bonds. The lowest BCUT2D eigenvalue weighted by atomic mass is 9.79. The van der Waals surface area contributed by atoms with E-state index in [1.807, 2.05) is 6.92 Å². The minimum absolute atomic E-state index is 0.183. The quantitative estimate of drug-likeness (QED) is 0.704. The molecule has 94 valence electrons. The summed E-state index contributed by atoms with van der Waals surface area (Å²) in [7, 11) is 0. The topological polar surface area (TPSA) is 65.4 Å². The standard InChI is InChI=1S/C12H19N3O2/c1-12(2-4-14-5-3-12)11(16)15-6-7-17-10(8-13)9-15/h10,14H,2-7,9H2,1H3. The first-order chi connectivity index (χ1) is 8.15. The van der Waals surface area contributed by atoms with Crippen molar-refractivity contribution in [2.45, 2.75) is 25.9 Å². The number of piperidine rings is 1. The molecule has 5 heteroatoms. The highest BCUT2D eigenvalue weighted by atomic mass is 16.5. The molecule has 5 nitrogen and oxygen atoms in total. The number of amides is 1. The van der Waals surface area contributed by atoms with Gasteiger partial charge in [0.2, 0.25) is 5.91 Å². The Labute approximate surface area is 102 Å². The molecule has 2 saturated heterocycles. The van der Waals surface area contributed by atoms with Crippen LogP contribution in [0.2, 0.25) is 0 Å². The Balaban J connectivity index is 2.01.